The van der Waals surface area contributed by atoms with E-state index in [-0.39, 0.29) is 0 Å². The third-order valence-corrected chi connectivity index (χ3v) is 4.12. The Balaban J connectivity index is 1.90. The van der Waals surface area contributed by atoms with Gasteiger partial charge in [-0.3, -0.25) is 14.6 Å². The molecule has 1 N–H and O–H groups in total. The van der Waals surface area contributed by atoms with E-state index in [1.165, 1.54) is 11.1 Å². The first-order chi connectivity index (χ1) is 10.1. The van der Waals surface area contributed by atoms with Crippen LogP contribution in [-0.4, -0.2) is 60.2 Å². The molecule has 0 saturated carbocycles. The number of carboxylic acids is 1. The lowest BCUT2D eigenvalue weighted by Crippen LogP contribution is -2.51. The molecule has 1 saturated heterocycles. The summed E-state index contributed by atoms with van der Waals surface area (Å²) in [5.74, 6) is -0.742. The van der Waals surface area contributed by atoms with E-state index in [9.17, 15) is 4.79 Å². The van der Waals surface area contributed by atoms with Crippen molar-refractivity contribution in [1.82, 2.24) is 9.80 Å². The Morgan fingerprint density at radius 3 is 2.43 bits per heavy atom. The summed E-state index contributed by atoms with van der Waals surface area (Å²) < 4.78 is 5.24. The van der Waals surface area contributed by atoms with Gasteiger partial charge in [-0.15, -0.1) is 0 Å². The first kappa shape index (κ1) is 15.9. The number of ether oxygens (including phenoxy) is 1. The lowest BCUT2D eigenvalue weighted by Gasteiger charge is -2.36. The third kappa shape index (κ3) is 4.27. The third-order valence-electron chi connectivity index (χ3n) is 4.12. The zero-order valence-electron chi connectivity index (χ0n) is 12.8. The Labute approximate surface area is 126 Å². The van der Waals surface area contributed by atoms with Gasteiger partial charge in [-0.2, -0.15) is 0 Å². The lowest BCUT2D eigenvalue weighted by molar-refractivity contribution is -0.143. The highest BCUT2D eigenvalue weighted by atomic mass is 16.5. The molecule has 0 bridgehead atoms. The number of carboxylic acid groups (broad SMARTS) is 1. The second kappa shape index (κ2) is 7.54. The molecule has 5 nitrogen and oxygen atoms in total. The van der Waals surface area contributed by atoms with Crippen molar-refractivity contribution in [3.8, 4) is 0 Å². The van der Waals surface area contributed by atoms with Crippen LogP contribution < -0.4 is 0 Å². The minimum Gasteiger partial charge on any atom is -0.480 e. The molecular weight excluding hydrogens is 268 g/mol. The standard InChI is InChI=1S/C16H24N2O3/c1-13(16(19)20)18-9-7-17(8-10-18)11-14-5-3-4-6-15(14)12-21-2/h3-6,13H,7-12H2,1-2H3,(H,19,20). The van der Waals surface area contributed by atoms with Crippen LogP contribution in [0.3, 0.4) is 0 Å². The van der Waals surface area contributed by atoms with Gasteiger partial charge < -0.3 is 9.84 Å². The fraction of sp³-hybridized carbons (Fsp3) is 0.562. The molecule has 0 amide bonds. The summed E-state index contributed by atoms with van der Waals surface area (Å²) in [4.78, 5) is 15.4. The minimum absolute atomic E-state index is 0.395. The van der Waals surface area contributed by atoms with Crippen molar-refractivity contribution < 1.29 is 14.6 Å². The molecular formula is C16H24N2O3. The molecule has 116 valence electrons. The van der Waals surface area contributed by atoms with Gasteiger partial charge in [0.05, 0.1) is 6.61 Å². The fourth-order valence-electron chi connectivity index (χ4n) is 2.71. The maximum absolute atomic E-state index is 11.0. The van der Waals surface area contributed by atoms with E-state index in [0.29, 0.717) is 6.61 Å². The van der Waals surface area contributed by atoms with Crippen molar-refractivity contribution >= 4 is 5.97 Å². The molecule has 1 atom stereocenters. The maximum atomic E-state index is 11.0. The second-order valence-corrected chi connectivity index (χ2v) is 5.53. The van der Waals surface area contributed by atoms with Crippen LogP contribution in [0.4, 0.5) is 0 Å². The summed E-state index contributed by atoms with van der Waals surface area (Å²) in [6.45, 7) is 6.70. The number of benzene rings is 1. The van der Waals surface area contributed by atoms with Crippen LogP contribution in [0.15, 0.2) is 24.3 Å². The molecule has 0 aliphatic carbocycles. The minimum atomic E-state index is -0.742. The average molecular weight is 292 g/mol. The van der Waals surface area contributed by atoms with Gasteiger partial charge in [0.2, 0.25) is 0 Å². The van der Waals surface area contributed by atoms with Crippen molar-refractivity contribution in [3.63, 3.8) is 0 Å². The Morgan fingerprint density at radius 1 is 1.24 bits per heavy atom. The van der Waals surface area contributed by atoms with E-state index >= 15 is 0 Å². The SMILES string of the molecule is COCc1ccccc1CN1CCN(C(C)C(=O)O)CC1. The second-order valence-electron chi connectivity index (χ2n) is 5.53. The van der Waals surface area contributed by atoms with E-state index in [1.54, 1.807) is 14.0 Å². The Kier molecular flexibility index (Phi) is 5.73. The van der Waals surface area contributed by atoms with Crippen molar-refractivity contribution in [2.24, 2.45) is 0 Å². The van der Waals surface area contributed by atoms with Gasteiger partial charge in [-0.05, 0) is 18.1 Å². The molecule has 1 aromatic rings. The van der Waals surface area contributed by atoms with Crippen LogP contribution in [-0.2, 0) is 22.7 Å². The molecule has 1 fully saturated rings. The van der Waals surface area contributed by atoms with E-state index in [2.05, 4.69) is 23.1 Å². The molecule has 0 spiro atoms. The molecule has 1 aliphatic rings. The van der Waals surface area contributed by atoms with Crippen LogP contribution >= 0.6 is 0 Å². The van der Waals surface area contributed by atoms with Gasteiger partial charge in [-0.25, -0.2) is 0 Å². The Bertz CT molecular complexity index is 470. The van der Waals surface area contributed by atoms with Gasteiger partial charge in [-0.1, -0.05) is 24.3 Å². The lowest BCUT2D eigenvalue weighted by atomic mass is 10.1. The molecule has 1 heterocycles. The van der Waals surface area contributed by atoms with E-state index in [0.717, 1.165) is 32.7 Å². The Hall–Kier alpha value is -1.43. The maximum Gasteiger partial charge on any atom is 0.320 e. The summed E-state index contributed by atoms with van der Waals surface area (Å²) in [7, 11) is 1.71. The highest BCUT2D eigenvalue weighted by molar-refractivity contribution is 5.72. The summed E-state index contributed by atoms with van der Waals surface area (Å²) in [6, 6.07) is 7.93. The predicted molar refractivity (Wildman–Crippen MR) is 81.1 cm³/mol. The largest absolute Gasteiger partial charge is 0.480 e. The van der Waals surface area contributed by atoms with Crippen LogP contribution in [0.25, 0.3) is 0 Å². The summed E-state index contributed by atoms with van der Waals surface area (Å²) in [5, 5.41) is 9.06. The molecule has 1 aromatic carbocycles. The highest BCUT2D eigenvalue weighted by Gasteiger charge is 2.25. The number of hydrogen-bond donors (Lipinski definition) is 1. The number of hydrogen-bond acceptors (Lipinski definition) is 4. The number of methoxy groups -OCH3 is 1. The van der Waals surface area contributed by atoms with Gasteiger partial charge in [0.15, 0.2) is 0 Å². The molecule has 0 aromatic heterocycles. The van der Waals surface area contributed by atoms with Crippen LogP contribution in [0.5, 0.6) is 0 Å². The van der Waals surface area contributed by atoms with E-state index < -0.39 is 12.0 Å². The van der Waals surface area contributed by atoms with Crippen LogP contribution in [0.2, 0.25) is 0 Å². The summed E-state index contributed by atoms with van der Waals surface area (Å²) in [5.41, 5.74) is 2.51. The number of aliphatic carboxylic acids is 1. The quantitative estimate of drug-likeness (QED) is 0.859. The van der Waals surface area contributed by atoms with Crippen molar-refractivity contribution in [1.29, 1.82) is 0 Å². The molecule has 5 heteroatoms. The number of carbonyl (C=O) groups is 1. The first-order valence-electron chi connectivity index (χ1n) is 7.36. The van der Waals surface area contributed by atoms with Gasteiger partial charge in [0, 0.05) is 39.8 Å². The monoisotopic (exact) mass is 292 g/mol. The molecule has 0 radical (unpaired) electrons. The van der Waals surface area contributed by atoms with E-state index in [1.807, 2.05) is 11.0 Å². The first-order valence-corrected chi connectivity index (χ1v) is 7.36. The molecule has 1 aliphatic heterocycles. The van der Waals surface area contributed by atoms with E-state index in [4.69, 9.17) is 9.84 Å². The molecule has 1 unspecified atom stereocenters. The van der Waals surface area contributed by atoms with Crippen molar-refractivity contribution in [3.05, 3.63) is 35.4 Å². The average Bonchev–Trinajstić information content (AvgIpc) is 2.49. The van der Waals surface area contributed by atoms with Crippen molar-refractivity contribution in [2.75, 3.05) is 33.3 Å². The fourth-order valence-corrected chi connectivity index (χ4v) is 2.71. The van der Waals surface area contributed by atoms with Gasteiger partial charge in [0.1, 0.15) is 6.04 Å². The van der Waals surface area contributed by atoms with Crippen molar-refractivity contribution in [2.45, 2.75) is 26.1 Å². The smallest absolute Gasteiger partial charge is 0.320 e. The molecule has 2 rings (SSSR count). The number of rotatable bonds is 6. The predicted octanol–water partition coefficient (Wildman–Crippen LogP) is 1.42. The molecule has 21 heavy (non-hydrogen) atoms. The number of nitrogens with zero attached hydrogens (tertiary/aromatic N) is 2. The Morgan fingerprint density at radius 2 is 1.86 bits per heavy atom. The number of piperazine rings is 1. The van der Waals surface area contributed by atoms with Crippen LogP contribution in [0, 0.1) is 0 Å². The topological polar surface area (TPSA) is 53.0 Å². The zero-order chi connectivity index (χ0) is 15.2. The normalized spacial score (nSPS) is 18.6. The zero-order valence-corrected chi connectivity index (χ0v) is 12.8. The van der Waals surface area contributed by atoms with Gasteiger partial charge in [0.25, 0.3) is 0 Å². The van der Waals surface area contributed by atoms with Crippen LogP contribution in [0.1, 0.15) is 18.1 Å². The summed E-state index contributed by atoms with van der Waals surface area (Å²) >= 11 is 0. The van der Waals surface area contributed by atoms with Gasteiger partial charge >= 0.3 is 5.97 Å². The highest BCUT2D eigenvalue weighted by Crippen LogP contribution is 2.15. The summed E-state index contributed by atoms with van der Waals surface area (Å²) in [6.07, 6.45) is 0.